The van der Waals surface area contributed by atoms with E-state index in [9.17, 15) is 4.79 Å². The summed E-state index contributed by atoms with van der Waals surface area (Å²) in [6.45, 7) is 2.01. The highest BCUT2D eigenvalue weighted by molar-refractivity contribution is 8.00. The van der Waals surface area contributed by atoms with E-state index in [1.165, 1.54) is 35.0 Å². The fourth-order valence-corrected chi connectivity index (χ4v) is 6.11. The van der Waals surface area contributed by atoms with Crippen LogP contribution < -0.4 is 10.1 Å². The largest absolute Gasteiger partial charge is 0.495 e. The van der Waals surface area contributed by atoms with Crippen molar-refractivity contribution in [2.45, 2.75) is 49.3 Å². The van der Waals surface area contributed by atoms with E-state index >= 15 is 0 Å². The lowest BCUT2D eigenvalue weighted by Gasteiger charge is -2.17. The lowest BCUT2D eigenvalue weighted by Crippen LogP contribution is -2.25. The first-order chi connectivity index (χ1) is 14.1. The summed E-state index contributed by atoms with van der Waals surface area (Å²) in [4.78, 5) is 24.5. The molecule has 3 aromatic rings. The Kier molecular flexibility index (Phi) is 6.27. The Morgan fingerprint density at radius 1 is 1.34 bits per heavy atom. The van der Waals surface area contributed by atoms with Crippen LogP contribution in [0, 0.1) is 0 Å². The third-order valence-electron chi connectivity index (χ3n) is 5.05. The molecule has 1 aliphatic carbocycles. The highest BCUT2D eigenvalue weighted by Crippen LogP contribution is 2.40. The van der Waals surface area contributed by atoms with Gasteiger partial charge in [-0.25, -0.2) is 9.97 Å². The van der Waals surface area contributed by atoms with Crippen molar-refractivity contribution < 1.29 is 9.53 Å². The first kappa shape index (κ1) is 20.4. The van der Waals surface area contributed by atoms with Crippen LogP contribution in [-0.2, 0) is 17.6 Å². The molecule has 5 nitrogen and oxygen atoms in total. The van der Waals surface area contributed by atoms with Crippen molar-refractivity contribution >= 4 is 56.5 Å². The Labute approximate surface area is 183 Å². The molecule has 1 aromatic carbocycles. The zero-order valence-electron chi connectivity index (χ0n) is 16.3. The van der Waals surface area contributed by atoms with Gasteiger partial charge in [-0.3, -0.25) is 4.79 Å². The minimum absolute atomic E-state index is 0.0890. The zero-order valence-corrected chi connectivity index (χ0v) is 18.7. The van der Waals surface area contributed by atoms with Gasteiger partial charge in [-0.05, 0) is 55.9 Å². The highest BCUT2D eigenvalue weighted by atomic mass is 35.5. The summed E-state index contributed by atoms with van der Waals surface area (Å²) in [7, 11) is 1.57. The molecule has 0 aliphatic heterocycles. The van der Waals surface area contributed by atoms with Crippen molar-refractivity contribution in [3.63, 3.8) is 0 Å². The third kappa shape index (κ3) is 4.22. The van der Waals surface area contributed by atoms with Gasteiger partial charge in [-0.15, -0.1) is 11.3 Å². The van der Waals surface area contributed by atoms with Crippen molar-refractivity contribution in [2.24, 2.45) is 0 Å². The number of aryl methyl sites for hydroxylation is 2. The number of methoxy groups -OCH3 is 1. The van der Waals surface area contributed by atoms with Gasteiger partial charge >= 0.3 is 0 Å². The molecule has 2 heterocycles. The van der Waals surface area contributed by atoms with Gasteiger partial charge in [-0.1, -0.05) is 30.3 Å². The molecule has 8 heteroatoms. The fraction of sp³-hybridized carbons (Fsp3) is 0.381. The minimum atomic E-state index is -0.282. The van der Waals surface area contributed by atoms with Gasteiger partial charge in [0.15, 0.2) is 0 Å². The summed E-state index contributed by atoms with van der Waals surface area (Å²) in [6.07, 6.45) is 6.90. The molecule has 0 saturated heterocycles. The molecule has 0 saturated carbocycles. The molecule has 0 bridgehead atoms. The zero-order chi connectivity index (χ0) is 20.4. The standard InChI is InChI=1S/C21H22ClN3O2S2/c1-3-16(19(26)25-14-10-12(22)8-9-15(14)27-2)28-20-18-13-6-4-5-7-17(13)29-21(18)24-11-23-20/h8-11,16H,3-7H2,1-2H3,(H,25,26). The van der Waals surface area contributed by atoms with Crippen LogP contribution in [0.3, 0.4) is 0 Å². The molecule has 29 heavy (non-hydrogen) atoms. The van der Waals surface area contributed by atoms with Gasteiger partial charge in [0.1, 0.15) is 21.9 Å². The van der Waals surface area contributed by atoms with Crippen molar-refractivity contribution in [2.75, 3.05) is 12.4 Å². The lowest BCUT2D eigenvalue weighted by molar-refractivity contribution is -0.115. The van der Waals surface area contributed by atoms with E-state index < -0.39 is 0 Å². The molecule has 1 atom stereocenters. The summed E-state index contributed by atoms with van der Waals surface area (Å²) >= 11 is 9.37. The van der Waals surface area contributed by atoms with E-state index in [-0.39, 0.29) is 11.2 Å². The molecule has 1 unspecified atom stereocenters. The van der Waals surface area contributed by atoms with E-state index in [1.807, 2.05) is 6.92 Å². The van der Waals surface area contributed by atoms with Crippen LogP contribution >= 0.6 is 34.7 Å². The number of aromatic nitrogens is 2. The Balaban J connectivity index is 1.60. The molecule has 0 spiro atoms. The number of thioether (sulfide) groups is 1. The number of thiophene rings is 1. The van der Waals surface area contributed by atoms with Crippen LogP contribution in [0.25, 0.3) is 10.2 Å². The number of ether oxygens (including phenoxy) is 1. The summed E-state index contributed by atoms with van der Waals surface area (Å²) in [5.74, 6) is 0.493. The topological polar surface area (TPSA) is 64.1 Å². The Morgan fingerprint density at radius 2 is 2.17 bits per heavy atom. The number of benzene rings is 1. The molecule has 1 amide bonds. The summed E-state index contributed by atoms with van der Waals surface area (Å²) in [6, 6.07) is 5.19. The maximum Gasteiger partial charge on any atom is 0.238 e. The van der Waals surface area contributed by atoms with Crippen LogP contribution in [0.2, 0.25) is 5.02 Å². The van der Waals surface area contributed by atoms with Crippen molar-refractivity contribution in [3.8, 4) is 5.75 Å². The second-order valence-corrected chi connectivity index (χ2v) is 9.63. The van der Waals surface area contributed by atoms with Gasteiger partial charge < -0.3 is 10.1 Å². The first-order valence-corrected chi connectivity index (χ1v) is 11.7. The molecular formula is C21H22ClN3O2S2. The van der Waals surface area contributed by atoms with Gasteiger partial charge in [0.2, 0.25) is 5.91 Å². The van der Waals surface area contributed by atoms with Gasteiger partial charge in [0, 0.05) is 15.3 Å². The van der Waals surface area contributed by atoms with Crippen molar-refractivity contribution in [1.29, 1.82) is 0 Å². The van der Waals surface area contributed by atoms with Gasteiger partial charge in [0.25, 0.3) is 0 Å². The number of carbonyl (C=O) groups excluding carboxylic acids is 1. The van der Waals surface area contributed by atoms with Crippen LogP contribution in [-0.4, -0.2) is 28.2 Å². The molecule has 1 aliphatic rings. The number of hydrogen-bond acceptors (Lipinski definition) is 6. The first-order valence-electron chi connectivity index (χ1n) is 9.67. The van der Waals surface area contributed by atoms with E-state index in [0.29, 0.717) is 22.9 Å². The number of carbonyl (C=O) groups is 1. The summed E-state index contributed by atoms with van der Waals surface area (Å²) < 4.78 is 5.34. The molecule has 1 N–H and O–H groups in total. The average Bonchev–Trinajstić information content (AvgIpc) is 3.11. The lowest BCUT2D eigenvalue weighted by atomic mass is 9.97. The number of nitrogens with zero attached hydrogens (tertiary/aromatic N) is 2. The second kappa shape index (κ2) is 8.90. The van der Waals surface area contributed by atoms with Crippen molar-refractivity contribution in [3.05, 3.63) is 40.0 Å². The van der Waals surface area contributed by atoms with Crippen LogP contribution in [0.15, 0.2) is 29.6 Å². The maximum atomic E-state index is 13.0. The van der Waals surface area contributed by atoms with Gasteiger partial charge in [-0.2, -0.15) is 0 Å². The van der Waals surface area contributed by atoms with E-state index in [1.54, 1.807) is 43.0 Å². The van der Waals surface area contributed by atoms with Crippen molar-refractivity contribution in [1.82, 2.24) is 9.97 Å². The monoisotopic (exact) mass is 447 g/mol. The SMILES string of the molecule is CCC(Sc1ncnc2sc3c(c12)CCCC3)C(=O)Nc1cc(Cl)ccc1OC. The second-order valence-electron chi connectivity index (χ2n) is 6.92. The van der Waals surface area contributed by atoms with Crippen LogP contribution in [0.1, 0.15) is 36.6 Å². The van der Waals surface area contributed by atoms with E-state index in [0.717, 1.165) is 28.1 Å². The summed E-state index contributed by atoms with van der Waals surface area (Å²) in [5, 5.41) is 5.27. The van der Waals surface area contributed by atoms with Crippen LogP contribution in [0.5, 0.6) is 5.75 Å². The third-order valence-corrected chi connectivity index (χ3v) is 7.85. The number of amides is 1. The number of nitrogens with one attached hydrogen (secondary N) is 1. The van der Waals surface area contributed by atoms with Gasteiger partial charge in [0.05, 0.1) is 18.0 Å². The minimum Gasteiger partial charge on any atom is -0.495 e. The highest BCUT2D eigenvalue weighted by Gasteiger charge is 2.25. The number of hydrogen-bond donors (Lipinski definition) is 1. The molecule has 152 valence electrons. The maximum absolute atomic E-state index is 13.0. The Bertz CT molecular complexity index is 1050. The number of fused-ring (bicyclic) bond motifs is 3. The molecule has 0 radical (unpaired) electrons. The molecule has 2 aromatic heterocycles. The average molecular weight is 448 g/mol. The number of halogens is 1. The van der Waals surface area contributed by atoms with E-state index in [4.69, 9.17) is 16.3 Å². The van der Waals surface area contributed by atoms with Crippen LogP contribution in [0.4, 0.5) is 5.69 Å². The predicted molar refractivity (Wildman–Crippen MR) is 121 cm³/mol. The fourth-order valence-electron chi connectivity index (χ4n) is 3.60. The molecular weight excluding hydrogens is 426 g/mol. The predicted octanol–water partition coefficient (Wildman–Crippen LogP) is 5.74. The number of anilines is 1. The smallest absolute Gasteiger partial charge is 0.238 e. The Hall–Kier alpha value is -1.83. The Morgan fingerprint density at radius 3 is 2.97 bits per heavy atom. The normalized spacial score (nSPS) is 14.4. The molecule has 4 rings (SSSR count). The molecule has 0 fully saturated rings. The number of rotatable bonds is 6. The quantitative estimate of drug-likeness (QED) is 0.385. The summed E-state index contributed by atoms with van der Waals surface area (Å²) in [5.41, 5.74) is 1.95. The van der Waals surface area contributed by atoms with E-state index in [2.05, 4.69) is 15.3 Å².